The monoisotopic (exact) mass is 231 g/mol. The first-order valence-corrected chi connectivity index (χ1v) is 5.27. The third kappa shape index (κ3) is 2.70. The van der Waals surface area contributed by atoms with Crippen LogP contribution in [0, 0.1) is 0 Å². The van der Waals surface area contributed by atoms with Crippen molar-refractivity contribution in [2.75, 3.05) is 11.9 Å². The molecule has 0 saturated carbocycles. The molecule has 5 nitrogen and oxygen atoms in total. The molecule has 0 saturated heterocycles. The summed E-state index contributed by atoms with van der Waals surface area (Å²) in [4.78, 5) is 17.9. The maximum atomic E-state index is 11.4. The number of hydrogen-bond acceptors (Lipinski definition) is 4. The molecular formula is C12H13N3O2. The first-order valence-electron chi connectivity index (χ1n) is 5.27. The van der Waals surface area contributed by atoms with Crippen molar-refractivity contribution in [3.05, 3.63) is 58.6 Å². The summed E-state index contributed by atoms with van der Waals surface area (Å²) in [7, 11) is 0. The van der Waals surface area contributed by atoms with Crippen molar-refractivity contribution >= 4 is 5.82 Å². The quantitative estimate of drug-likeness (QED) is 0.731. The topological polar surface area (TPSA) is 78.0 Å². The van der Waals surface area contributed by atoms with Crippen molar-refractivity contribution in [3.8, 4) is 0 Å². The van der Waals surface area contributed by atoms with Gasteiger partial charge in [0.25, 0.3) is 5.56 Å². The van der Waals surface area contributed by atoms with Crippen molar-refractivity contribution in [2.24, 2.45) is 0 Å². The molecule has 1 unspecified atom stereocenters. The van der Waals surface area contributed by atoms with E-state index in [4.69, 9.17) is 0 Å². The predicted molar refractivity (Wildman–Crippen MR) is 64.7 cm³/mol. The molecule has 0 aliphatic rings. The summed E-state index contributed by atoms with van der Waals surface area (Å²) in [6, 6.07) is 9.07. The highest BCUT2D eigenvalue weighted by atomic mass is 16.3. The molecule has 0 fully saturated rings. The van der Waals surface area contributed by atoms with Crippen LogP contribution in [-0.2, 0) is 0 Å². The standard InChI is InChI=1S/C12H13N3O2/c16-8-10(9-4-2-1-3-5-9)15-11-12(17)14-7-6-13-11/h1-7,10,16H,8H2,(H,13,15)(H,14,17). The highest BCUT2D eigenvalue weighted by Crippen LogP contribution is 2.15. The summed E-state index contributed by atoms with van der Waals surface area (Å²) in [5, 5.41) is 12.2. The highest BCUT2D eigenvalue weighted by molar-refractivity contribution is 5.35. The number of benzene rings is 1. The van der Waals surface area contributed by atoms with Crippen molar-refractivity contribution < 1.29 is 5.11 Å². The molecule has 0 amide bonds. The van der Waals surface area contributed by atoms with Gasteiger partial charge in [0, 0.05) is 12.4 Å². The first kappa shape index (κ1) is 11.3. The second kappa shape index (κ2) is 5.27. The summed E-state index contributed by atoms with van der Waals surface area (Å²) in [6.45, 7) is -0.111. The molecule has 0 radical (unpaired) electrons. The zero-order valence-corrected chi connectivity index (χ0v) is 9.13. The number of aromatic amines is 1. The molecule has 17 heavy (non-hydrogen) atoms. The summed E-state index contributed by atoms with van der Waals surface area (Å²) in [5.41, 5.74) is 0.599. The third-order valence-electron chi connectivity index (χ3n) is 2.40. The lowest BCUT2D eigenvalue weighted by molar-refractivity contribution is 0.276. The van der Waals surface area contributed by atoms with Crippen molar-refractivity contribution in [1.82, 2.24) is 9.97 Å². The fraction of sp³-hybridized carbons (Fsp3) is 0.167. The highest BCUT2D eigenvalue weighted by Gasteiger charge is 2.11. The first-order chi connectivity index (χ1) is 8.31. The predicted octanol–water partition coefficient (Wildman–Crippen LogP) is 0.915. The molecule has 0 spiro atoms. The van der Waals surface area contributed by atoms with E-state index >= 15 is 0 Å². The number of aliphatic hydroxyl groups is 1. The minimum Gasteiger partial charge on any atom is -0.394 e. The van der Waals surface area contributed by atoms with Crippen LogP contribution in [-0.4, -0.2) is 21.7 Å². The van der Waals surface area contributed by atoms with Gasteiger partial charge in [-0.05, 0) is 5.56 Å². The Morgan fingerprint density at radius 1 is 1.35 bits per heavy atom. The zero-order valence-electron chi connectivity index (χ0n) is 9.13. The van der Waals surface area contributed by atoms with Crippen LogP contribution in [0.3, 0.4) is 0 Å². The molecular weight excluding hydrogens is 218 g/mol. The molecule has 3 N–H and O–H groups in total. The SMILES string of the molecule is O=c1[nH]ccnc1NC(CO)c1ccccc1. The van der Waals surface area contributed by atoms with Crippen LogP contribution in [0.5, 0.6) is 0 Å². The van der Waals surface area contributed by atoms with E-state index in [1.54, 1.807) is 0 Å². The van der Waals surface area contributed by atoms with Crippen LogP contribution >= 0.6 is 0 Å². The van der Waals surface area contributed by atoms with Crippen LogP contribution in [0.15, 0.2) is 47.5 Å². The van der Waals surface area contributed by atoms with E-state index in [9.17, 15) is 9.90 Å². The van der Waals surface area contributed by atoms with Gasteiger partial charge in [0.2, 0.25) is 0 Å². The number of nitrogens with zero attached hydrogens (tertiary/aromatic N) is 1. The lowest BCUT2D eigenvalue weighted by atomic mass is 10.1. The van der Waals surface area contributed by atoms with Crippen LogP contribution in [0.1, 0.15) is 11.6 Å². The van der Waals surface area contributed by atoms with Gasteiger partial charge in [0.15, 0.2) is 5.82 Å². The number of rotatable bonds is 4. The van der Waals surface area contributed by atoms with E-state index in [1.165, 1.54) is 12.4 Å². The third-order valence-corrected chi connectivity index (χ3v) is 2.40. The molecule has 2 aromatic rings. The van der Waals surface area contributed by atoms with Gasteiger partial charge >= 0.3 is 0 Å². The van der Waals surface area contributed by atoms with E-state index in [1.807, 2.05) is 30.3 Å². The van der Waals surface area contributed by atoms with E-state index < -0.39 is 0 Å². The molecule has 1 heterocycles. The van der Waals surface area contributed by atoms with Crippen molar-refractivity contribution in [3.63, 3.8) is 0 Å². The number of aromatic nitrogens is 2. The zero-order chi connectivity index (χ0) is 12.1. The van der Waals surface area contributed by atoms with E-state index in [-0.39, 0.29) is 24.0 Å². The van der Waals surface area contributed by atoms with E-state index in [0.717, 1.165) is 5.56 Å². The molecule has 5 heteroatoms. The Kier molecular flexibility index (Phi) is 3.52. The van der Waals surface area contributed by atoms with Crippen LogP contribution in [0.2, 0.25) is 0 Å². The lowest BCUT2D eigenvalue weighted by Gasteiger charge is -2.16. The molecule has 1 aromatic carbocycles. The largest absolute Gasteiger partial charge is 0.394 e. The van der Waals surface area contributed by atoms with Crippen LogP contribution in [0.4, 0.5) is 5.82 Å². The van der Waals surface area contributed by atoms with Gasteiger partial charge in [0.1, 0.15) is 0 Å². The second-order valence-electron chi connectivity index (χ2n) is 3.56. The molecule has 2 rings (SSSR count). The van der Waals surface area contributed by atoms with E-state index in [2.05, 4.69) is 15.3 Å². The summed E-state index contributed by atoms with van der Waals surface area (Å²) < 4.78 is 0. The Labute approximate surface area is 98.2 Å². The lowest BCUT2D eigenvalue weighted by Crippen LogP contribution is -2.21. The Bertz CT molecular complexity index is 525. The fourth-order valence-corrected chi connectivity index (χ4v) is 1.54. The smallest absolute Gasteiger partial charge is 0.290 e. The maximum absolute atomic E-state index is 11.4. The maximum Gasteiger partial charge on any atom is 0.290 e. The average molecular weight is 231 g/mol. The number of hydrogen-bond donors (Lipinski definition) is 3. The van der Waals surface area contributed by atoms with Gasteiger partial charge in [0.05, 0.1) is 12.6 Å². The Hall–Kier alpha value is -2.14. The van der Waals surface area contributed by atoms with Crippen molar-refractivity contribution in [1.29, 1.82) is 0 Å². The molecule has 1 atom stereocenters. The minimum atomic E-state index is -0.341. The second-order valence-corrected chi connectivity index (χ2v) is 3.56. The van der Waals surface area contributed by atoms with Gasteiger partial charge in [-0.2, -0.15) is 0 Å². The summed E-state index contributed by atoms with van der Waals surface area (Å²) in [5.74, 6) is 0.204. The molecule has 0 bridgehead atoms. The average Bonchev–Trinajstić information content (AvgIpc) is 2.39. The van der Waals surface area contributed by atoms with Crippen LogP contribution < -0.4 is 10.9 Å². The molecule has 0 aliphatic carbocycles. The van der Waals surface area contributed by atoms with Gasteiger partial charge in [-0.1, -0.05) is 30.3 Å². The number of anilines is 1. The number of aliphatic hydroxyl groups excluding tert-OH is 1. The molecule has 0 aliphatic heterocycles. The Morgan fingerprint density at radius 3 is 2.76 bits per heavy atom. The Balaban J connectivity index is 2.22. The van der Waals surface area contributed by atoms with E-state index in [0.29, 0.717) is 0 Å². The normalized spacial score (nSPS) is 12.1. The van der Waals surface area contributed by atoms with Gasteiger partial charge < -0.3 is 15.4 Å². The van der Waals surface area contributed by atoms with Gasteiger partial charge in [-0.3, -0.25) is 4.79 Å². The van der Waals surface area contributed by atoms with Crippen molar-refractivity contribution in [2.45, 2.75) is 6.04 Å². The molecule has 1 aromatic heterocycles. The summed E-state index contributed by atoms with van der Waals surface area (Å²) in [6.07, 6.45) is 2.95. The minimum absolute atomic E-state index is 0.111. The summed E-state index contributed by atoms with van der Waals surface area (Å²) >= 11 is 0. The van der Waals surface area contributed by atoms with Gasteiger partial charge in [-0.25, -0.2) is 4.98 Å². The number of nitrogens with one attached hydrogen (secondary N) is 2. The van der Waals surface area contributed by atoms with Gasteiger partial charge in [-0.15, -0.1) is 0 Å². The number of H-pyrrole nitrogens is 1. The fourth-order valence-electron chi connectivity index (χ4n) is 1.54. The van der Waals surface area contributed by atoms with Crippen LogP contribution in [0.25, 0.3) is 0 Å². The Morgan fingerprint density at radius 2 is 2.12 bits per heavy atom. The molecule has 88 valence electrons.